The van der Waals surface area contributed by atoms with E-state index in [-0.39, 0.29) is 17.8 Å². The number of hydrogen-bond donors (Lipinski definition) is 1. The number of fused-ring (bicyclic) bond motifs is 1. The Balaban J connectivity index is 1.69. The third-order valence-electron chi connectivity index (χ3n) is 6.57. The van der Waals surface area contributed by atoms with Crippen molar-refractivity contribution < 1.29 is 13.9 Å². The number of amides is 1. The van der Waals surface area contributed by atoms with Crippen LogP contribution in [0.4, 0.5) is 10.1 Å². The largest absolute Gasteiger partial charge is 0.490 e. The number of hydrogen-bond acceptors (Lipinski definition) is 2. The van der Waals surface area contributed by atoms with Gasteiger partial charge in [-0.05, 0) is 56.0 Å². The van der Waals surface area contributed by atoms with E-state index >= 15 is 0 Å². The second-order valence-corrected chi connectivity index (χ2v) is 8.60. The molecule has 0 aliphatic heterocycles. The van der Waals surface area contributed by atoms with Gasteiger partial charge in [-0.15, -0.1) is 0 Å². The standard InChI is InChI=1S/C27H30FNO2/c1-3-19(2)31-25-16-15-24(22-9-5-6-10-23(22)25)29-26(30)27(17-7-4-8-18-27)20-11-13-21(28)14-12-20/h5-6,9-16,19H,3-4,7-8,17-18H2,1-2H3,(H,29,30)/t19-/m0/s1. The topological polar surface area (TPSA) is 38.3 Å². The Morgan fingerprint density at radius 3 is 2.35 bits per heavy atom. The predicted octanol–water partition coefficient (Wildman–Crippen LogP) is 7.00. The van der Waals surface area contributed by atoms with Crippen molar-refractivity contribution in [1.29, 1.82) is 0 Å². The molecule has 1 amide bonds. The average Bonchev–Trinajstić information content (AvgIpc) is 2.81. The lowest BCUT2D eigenvalue weighted by atomic mass is 9.68. The van der Waals surface area contributed by atoms with Crippen molar-refractivity contribution >= 4 is 22.4 Å². The molecule has 4 rings (SSSR count). The quantitative estimate of drug-likeness (QED) is 0.467. The van der Waals surface area contributed by atoms with Crippen molar-refractivity contribution in [2.24, 2.45) is 0 Å². The molecule has 1 saturated carbocycles. The van der Waals surface area contributed by atoms with Crippen molar-refractivity contribution in [3.05, 3.63) is 72.0 Å². The van der Waals surface area contributed by atoms with E-state index in [2.05, 4.69) is 19.2 Å². The number of nitrogens with one attached hydrogen (secondary N) is 1. The first-order valence-electron chi connectivity index (χ1n) is 11.3. The zero-order valence-corrected chi connectivity index (χ0v) is 18.3. The van der Waals surface area contributed by atoms with Gasteiger partial charge in [-0.3, -0.25) is 4.79 Å². The maximum absolute atomic E-state index is 13.7. The van der Waals surface area contributed by atoms with Gasteiger partial charge in [0.25, 0.3) is 0 Å². The van der Waals surface area contributed by atoms with Crippen LogP contribution in [0.3, 0.4) is 0 Å². The van der Waals surface area contributed by atoms with Crippen molar-refractivity contribution in [2.45, 2.75) is 63.9 Å². The second kappa shape index (κ2) is 9.09. The molecule has 0 spiro atoms. The van der Waals surface area contributed by atoms with Crippen LogP contribution in [0.25, 0.3) is 10.8 Å². The molecule has 0 radical (unpaired) electrons. The number of carbonyl (C=O) groups is 1. The molecule has 3 aromatic rings. The summed E-state index contributed by atoms with van der Waals surface area (Å²) >= 11 is 0. The first-order chi connectivity index (χ1) is 15.0. The lowest BCUT2D eigenvalue weighted by molar-refractivity contribution is -0.122. The summed E-state index contributed by atoms with van der Waals surface area (Å²) in [6.45, 7) is 4.15. The maximum Gasteiger partial charge on any atom is 0.235 e. The Morgan fingerprint density at radius 2 is 1.68 bits per heavy atom. The molecule has 3 nitrogen and oxygen atoms in total. The molecule has 0 saturated heterocycles. The fraction of sp³-hybridized carbons (Fsp3) is 0.370. The SMILES string of the molecule is CC[C@H](C)Oc1ccc(NC(=O)C2(c3ccc(F)cc3)CCCCC2)c2ccccc12. The number of anilines is 1. The van der Waals surface area contributed by atoms with E-state index in [0.29, 0.717) is 0 Å². The van der Waals surface area contributed by atoms with Crippen molar-refractivity contribution in [2.75, 3.05) is 5.32 Å². The molecular formula is C27H30FNO2. The number of rotatable bonds is 6. The zero-order valence-electron chi connectivity index (χ0n) is 18.3. The van der Waals surface area contributed by atoms with Crippen LogP contribution in [-0.4, -0.2) is 12.0 Å². The van der Waals surface area contributed by atoms with Gasteiger partial charge in [0.1, 0.15) is 11.6 Å². The van der Waals surface area contributed by atoms with E-state index in [0.717, 1.165) is 66.3 Å². The summed E-state index contributed by atoms with van der Waals surface area (Å²) in [5, 5.41) is 5.16. The van der Waals surface area contributed by atoms with Crippen LogP contribution >= 0.6 is 0 Å². The molecule has 0 bridgehead atoms. The van der Waals surface area contributed by atoms with Crippen LogP contribution in [0, 0.1) is 5.82 Å². The first-order valence-corrected chi connectivity index (χ1v) is 11.3. The van der Waals surface area contributed by atoms with E-state index in [9.17, 15) is 9.18 Å². The van der Waals surface area contributed by atoms with Gasteiger partial charge in [-0.25, -0.2) is 4.39 Å². The molecule has 0 aromatic heterocycles. The smallest absolute Gasteiger partial charge is 0.235 e. The van der Waals surface area contributed by atoms with Gasteiger partial charge in [0.15, 0.2) is 0 Å². The number of benzene rings is 3. The highest BCUT2D eigenvalue weighted by Gasteiger charge is 2.41. The minimum atomic E-state index is -0.626. The summed E-state index contributed by atoms with van der Waals surface area (Å²) in [4.78, 5) is 13.7. The Morgan fingerprint density at radius 1 is 1.00 bits per heavy atom. The Labute approximate surface area is 183 Å². The minimum absolute atomic E-state index is 0.0143. The van der Waals surface area contributed by atoms with Crippen LogP contribution in [0.2, 0.25) is 0 Å². The van der Waals surface area contributed by atoms with Crippen LogP contribution in [-0.2, 0) is 10.2 Å². The highest BCUT2D eigenvalue weighted by molar-refractivity contribution is 6.07. The van der Waals surface area contributed by atoms with Gasteiger partial charge in [0.05, 0.1) is 11.5 Å². The highest BCUT2D eigenvalue weighted by atomic mass is 19.1. The third-order valence-corrected chi connectivity index (χ3v) is 6.57. The average molecular weight is 420 g/mol. The first kappa shape index (κ1) is 21.4. The fourth-order valence-electron chi connectivity index (χ4n) is 4.60. The van der Waals surface area contributed by atoms with Crippen LogP contribution < -0.4 is 10.1 Å². The second-order valence-electron chi connectivity index (χ2n) is 8.60. The van der Waals surface area contributed by atoms with E-state index in [1.807, 2.05) is 36.4 Å². The van der Waals surface area contributed by atoms with Gasteiger partial charge >= 0.3 is 0 Å². The summed E-state index contributed by atoms with van der Waals surface area (Å²) in [5.41, 5.74) is 1.05. The van der Waals surface area contributed by atoms with Gasteiger partial charge in [-0.1, -0.05) is 62.6 Å². The minimum Gasteiger partial charge on any atom is -0.490 e. The summed E-state index contributed by atoms with van der Waals surface area (Å²) in [7, 11) is 0. The monoisotopic (exact) mass is 419 g/mol. The summed E-state index contributed by atoms with van der Waals surface area (Å²) in [5.74, 6) is 0.534. The zero-order chi connectivity index (χ0) is 21.8. The third kappa shape index (κ3) is 4.30. The van der Waals surface area contributed by atoms with E-state index in [1.165, 1.54) is 12.1 Å². The van der Waals surface area contributed by atoms with Gasteiger partial charge in [0, 0.05) is 16.5 Å². The van der Waals surface area contributed by atoms with Gasteiger partial charge < -0.3 is 10.1 Å². The van der Waals surface area contributed by atoms with E-state index in [1.54, 1.807) is 12.1 Å². The molecule has 1 atom stereocenters. The van der Waals surface area contributed by atoms with Gasteiger partial charge in [0.2, 0.25) is 5.91 Å². The summed E-state index contributed by atoms with van der Waals surface area (Å²) in [6.07, 6.45) is 5.71. The van der Waals surface area contributed by atoms with Crippen molar-refractivity contribution in [3.8, 4) is 5.75 Å². The molecule has 0 unspecified atom stereocenters. The number of ether oxygens (including phenoxy) is 1. The predicted molar refractivity (Wildman–Crippen MR) is 124 cm³/mol. The summed E-state index contributed by atoms with van der Waals surface area (Å²) in [6, 6.07) is 18.3. The molecule has 0 heterocycles. The van der Waals surface area contributed by atoms with E-state index < -0.39 is 5.41 Å². The Kier molecular flexibility index (Phi) is 6.26. The van der Waals surface area contributed by atoms with Crippen molar-refractivity contribution in [1.82, 2.24) is 0 Å². The molecule has 4 heteroatoms. The maximum atomic E-state index is 13.7. The Bertz CT molecular complexity index is 1050. The molecular weight excluding hydrogens is 389 g/mol. The Hall–Kier alpha value is -2.88. The molecule has 1 fully saturated rings. The fourth-order valence-corrected chi connectivity index (χ4v) is 4.60. The molecule has 162 valence electrons. The van der Waals surface area contributed by atoms with Gasteiger partial charge in [-0.2, -0.15) is 0 Å². The lowest BCUT2D eigenvalue weighted by Gasteiger charge is -2.36. The lowest BCUT2D eigenvalue weighted by Crippen LogP contribution is -2.42. The van der Waals surface area contributed by atoms with Crippen LogP contribution in [0.15, 0.2) is 60.7 Å². The highest BCUT2D eigenvalue weighted by Crippen LogP contribution is 2.41. The van der Waals surface area contributed by atoms with Crippen molar-refractivity contribution in [3.63, 3.8) is 0 Å². The molecule has 3 aromatic carbocycles. The van der Waals surface area contributed by atoms with E-state index in [4.69, 9.17) is 4.74 Å². The summed E-state index contributed by atoms with van der Waals surface area (Å²) < 4.78 is 19.6. The molecule has 1 aliphatic rings. The number of carbonyl (C=O) groups excluding carboxylic acids is 1. The molecule has 1 N–H and O–H groups in total. The van der Waals surface area contributed by atoms with Crippen LogP contribution in [0.5, 0.6) is 5.75 Å². The van der Waals surface area contributed by atoms with Crippen LogP contribution in [0.1, 0.15) is 57.9 Å². The molecule has 1 aliphatic carbocycles. The number of halogens is 1. The normalized spacial score (nSPS) is 16.6. The molecule has 31 heavy (non-hydrogen) atoms.